The van der Waals surface area contributed by atoms with Crippen LogP contribution < -0.4 is 5.73 Å². The number of halogens is 1. The predicted molar refractivity (Wildman–Crippen MR) is 122 cm³/mol. The minimum Gasteiger partial charge on any atom is -0.444 e. The average Bonchev–Trinajstić information content (AvgIpc) is 3.12. The van der Waals surface area contributed by atoms with Crippen molar-refractivity contribution in [2.24, 2.45) is 23.5 Å². The van der Waals surface area contributed by atoms with Crippen molar-refractivity contribution in [1.82, 2.24) is 4.90 Å². The molecular formula is C23H35ClN2O3S. The maximum absolute atomic E-state index is 12.7. The first-order valence-corrected chi connectivity index (χ1v) is 12.5. The molecule has 0 bridgehead atoms. The highest BCUT2D eigenvalue weighted by molar-refractivity contribution is 7.12. The van der Waals surface area contributed by atoms with E-state index in [0.29, 0.717) is 10.9 Å². The van der Waals surface area contributed by atoms with Gasteiger partial charge < -0.3 is 15.4 Å². The Labute approximate surface area is 189 Å². The van der Waals surface area contributed by atoms with Crippen molar-refractivity contribution in [2.45, 2.75) is 70.8 Å². The van der Waals surface area contributed by atoms with E-state index >= 15 is 0 Å². The molecule has 2 fully saturated rings. The molecule has 0 atom stereocenters. The van der Waals surface area contributed by atoms with Gasteiger partial charge in [-0.15, -0.1) is 11.3 Å². The van der Waals surface area contributed by atoms with E-state index in [0.717, 1.165) is 49.7 Å². The summed E-state index contributed by atoms with van der Waals surface area (Å²) < 4.78 is 5.25. The van der Waals surface area contributed by atoms with Gasteiger partial charge in [0.25, 0.3) is 0 Å². The molecule has 0 spiro atoms. The summed E-state index contributed by atoms with van der Waals surface area (Å²) in [6.07, 6.45) is 8.23. The lowest BCUT2D eigenvalue weighted by Gasteiger charge is -2.35. The van der Waals surface area contributed by atoms with E-state index in [1.54, 1.807) is 0 Å². The lowest BCUT2D eigenvalue weighted by Crippen LogP contribution is -2.37. The summed E-state index contributed by atoms with van der Waals surface area (Å²) in [6, 6.07) is 1.81. The fourth-order valence-corrected chi connectivity index (χ4v) is 6.34. The SMILES string of the molecule is CC(C)(C[C@H]1CC[C@H](CCN2CCC(C(=O)c3sccc3Cl)CC2)CC1)OC(N)=O. The number of ketones is 1. The van der Waals surface area contributed by atoms with Gasteiger partial charge in [0.1, 0.15) is 5.60 Å². The number of ether oxygens (including phenoxy) is 1. The lowest BCUT2D eigenvalue weighted by molar-refractivity contribution is 0.0192. The monoisotopic (exact) mass is 454 g/mol. The highest BCUT2D eigenvalue weighted by Gasteiger charge is 2.31. The number of rotatable bonds is 8. The van der Waals surface area contributed by atoms with Crippen LogP contribution in [0.5, 0.6) is 0 Å². The van der Waals surface area contributed by atoms with Crippen molar-refractivity contribution in [3.8, 4) is 0 Å². The number of nitrogens with two attached hydrogens (primary N) is 1. The third kappa shape index (κ3) is 6.69. The van der Waals surface area contributed by atoms with Crippen LogP contribution in [0.2, 0.25) is 5.02 Å². The number of piperidine rings is 1. The molecule has 3 rings (SSSR count). The van der Waals surface area contributed by atoms with Crippen molar-refractivity contribution >= 4 is 34.8 Å². The zero-order valence-corrected chi connectivity index (χ0v) is 19.8. The van der Waals surface area contributed by atoms with E-state index in [1.807, 2.05) is 25.3 Å². The Hall–Kier alpha value is -1.11. The highest BCUT2D eigenvalue weighted by Crippen LogP contribution is 2.36. The number of carbonyl (C=O) groups is 2. The molecule has 0 radical (unpaired) electrons. The molecule has 0 aromatic carbocycles. The Bertz CT molecular complexity index is 720. The molecule has 1 saturated heterocycles. The first-order valence-electron chi connectivity index (χ1n) is 11.2. The summed E-state index contributed by atoms with van der Waals surface area (Å²) in [4.78, 5) is 27.0. The molecule has 1 aliphatic carbocycles. The molecule has 2 heterocycles. The van der Waals surface area contributed by atoms with Gasteiger partial charge in [0.15, 0.2) is 5.78 Å². The Morgan fingerprint density at radius 1 is 1.17 bits per heavy atom. The van der Waals surface area contributed by atoms with E-state index in [4.69, 9.17) is 22.1 Å². The number of hydrogen-bond acceptors (Lipinski definition) is 5. The van der Waals surface area contributed by atoms with E-state index in [-0.39, 0.29) is 11.7 Å². The topological polar surface area (TPSA) is 72.6 Å². The zero-order chi connectivity index (χ0) is 21.7. The Kier molecular flexibility index (Phi) is 8.22. The summed E-state index contributed by atoms with van der Waals surface area (Å²) in [6.45, 7) is 7.04. The molecule has 7 heteroatoms. The first kappa shape index (κ1) is 23.6. The van der Waals surface area contributed by atoms with Gasteiger partial charge in [0.2, 0.25) is 0 Å². The van der Waals surface area contributed by atoms with Crippen molar-refractivity contribution in [1.29, 1.82) is 0 Å². The minimum absolute atomic E-state index is 0.124. The maximum atomic E-state index is 12.7. The van der Waals surface area contributed by atoms with Gasteiger partial charge in [0.05, 0.1) is 9.90 Å². The van der Waals surface area contributed by atoms with Gasteiger partial charge in [-0.25, -0.2) is 4.79 Å². The van der Waals surface area contributed by atoms with Crippen LogP contribution in [0.3, 0.4) is 0 Å². The number of hydrogen-bond donors (Lipinski definition) is 1. The first-order chi connectivity index (χ1) is 14.2. The van der Waals surface area contributed by atoms with E-state index in [9.17, 15) is 9.59 Å². The maximum Gasteiger partial charge on any atom is 0.405 e. The molecule has 0 unspecified atom stereocenters. The van der Waals surface area contributed by atoms with E-state index < -0.39 is 11.7 Å². The second kappa shape index (κ2) is 10.5. The van der Waals surface area contributed by atoms with Crippen LogP contribution in [-0.4, -0.2) is 42.0 Å². The number of carbonyl (C=O) groups excluding carboxylic acids is 2. The van der Waals surface area contributed by atoms with Crippen LogP contribution in [0.25, 0.3) is 0 Å². The quantitative estimate of drug-likeness (QED) is 0.507. The largest absolute Gasteiger partial charge is 0.444 e. The van der Waals surface area contributed by atoms with Crippen LogP contribution >= 0.6 is 22.9 Å². The third-order valence-corrected chi connectivity index (χ3v) is 8.13. The summed E-state index contributed by atoms with van der Waals surface area (Å²) in [7, 11) is 0. The minimum atomic E-state index is -0.683. The van der Waals surface area contributed by atoms with Gasteiger partial charge in [-0.2, -0.15) is 0 Å². The van der Waals surface area contributed by atoms with Gasteiger partial charge in [-0.3, -0.25) is 4.79 Å². The Morgan fingerprint density at radius 3 is 2.37 bits per heavy atom. The van der Waals surface area contributed by atoms with E-state index in [2.05, 4.69) is 4.90 Å². The number of thiophene rings is 1. The summed E-state index contributed by atoms with van der Waals surface area (Å²) in [5, 5.41) is 2.50. The molecule has 168 valence electrons. The second-order valence-corrected chi connectivity index (χ2v) is 11.0. The predicted octanol–water partition coefficient (Wildman–Crippen LogP) is 5.76. The van der Waals surface area contributed by atoms with Gasteiger partial charge >= 0.3 is 6.09 Å². The van der Waals surface area contributed by atoms with Crippen LogP contribution in [0, 0.1) is 17.8 Å². The lowest BCUT2D eigenvalue weighted by atomic mass is 9.76. The fraction of sp³-hybridized carbons (Fsp3) is 0.739. The van der Waals surface area contributed by atoms with Gasteiger partial charge in [-0.05, 0) is 82.4 Å². The number of likely N-dealkylation sites (tertiary alicyclic amines) is 1. The summed E-state index contributed by atoms with van der Waals surface area (Å²) >= 11 is 7.60. The average molecular weight is 455 g/mol. The number of amides is 1. The molecule has 30 heavy (non-hydrogen) atoms. The Balaban J connectivity index is 1.33. The summed E-state index contributed by atoms with van der Waals surface area (Å²) in [5.41, 5.74) is 4.71. The summed E-state index contributed by atoms with van der Waals surface area (Å²) in [5.74, 6) is 1.75. The standard InChI is InChI=1S/C23H35ClN2O3S/c1-23(2,29-22(25)28)15-17-5-3-16(4-6-17)7-11-26-12-8-18(9-13-26)20(27)21-19(24)10-14-30-21/h10,14,16-18H,3-9,11-13,15H2,1-2H3,(H2,25,28)/t16-,17-. The van der Waals surface area contributed by atoms with Crippen molar-refractivity contribution < 1.29 is 14.3 Å². The van der Waals surface area contributed by atoms with Crippen LogP contribution in [-0.2, 0) is 4.74 Å². The molecule has 1 aliphatic heterocycles. The smallest absolute Gasteiger partial charge is 0.405 e. The Morgan fingerprint density at radius 2 is 1.80 bits per heavy atom. The third-order valence-electron chi connectivity index (χ3n) is 6.78. The second-order valence-electron chi connectivity index (χ2n) is 9.64. The van der Waals surface area contributed by atoms with Crippen molar-refractivity contribution in [2.75, 3.05) is 19.6 Å². The molecule has 1 aromatic rings. The van der Waals surface area contributed by atoms with Gasteiger partial charge in [0, 0.05) is 5.92 Å². The number of Topliss-reactive ketones (excluding diaryl/α,β-unsaturated/α-hetero) is 1. The van der Waals surface area contributed by atoms with Crippen molar-refractivity contribution in [3.63, 3.8) is 0 Å². The molecule has 5 nitrogen and oxygen atoms in total. The molecule has 1 amide bonds. The number of primary amides is 1. The van der Waals surface area contributed by atoms with Crippen LogP contribution in [0.4, 0.5) is 4.79 Å². The molecule has 1 aromatic heterocycles. The molecule has 1 saturated carbocycles. The fourth-order valence-electron chi connectivity index (χ4n) is 5.17. The van der Waals surface area contributed by atoms with Gasteiger partial charge in [-0.1, -0.05) is 37.3 Å². The zero-order valence-electron chi connectivity index (χ0n) is 18.2. The van der Waals surface area contributed by atoms with E-state index in [1.165, 1.54) is 43.4 Å². The highest BCUT2D eigenvalue weighted by atomic mass is 35.5. The molecular weight excluding hydrogens is 420 g/mol. The molecule has 2 aliphatic rings. The van der Waals surface area contributed by atoms with Crippen LogP contribution in [0.1, 0.15) is 74.9 Å². The van der Waals surface area contributed by atoms with Crippen LogP contribution in [0.15, 0.2) is 11.4 Å². The normalized spacial score (nSPS) is 24.0. The van der Waals surface area contributed by atoms with Crippen molar-refractivity contribution in [3.05, 3.63) is 21.3 Å². The number of nitrogens with zero attached hydrogens (tertiary/aromatic N) is 1. The molecule has 2 N–H and O–H groups in total.